The first-order valence-corrected chi connectivity index (χ1v) is 8.04. The third-order valence-electron chi connectivity index (χ3n) is 3.03. The molecule has 0 saturated heterocycles. The number of rotatable bonds is 8. The van der Waals surface area contributed by atoms with Gasteiger partial charge in [-0.05, 0) is 25.5 Å². The van der Waals surface area contributed by atoms with E-state index in [-0.39, 0.29) is 11.3 Å². The van der Waals surface area contributed by atoms with Crippen molar-refractivity contribution in [2.45, 2.75) is 25.0 Å². The molecule has 2 rings (SSSR count). The minimum absolute atomic E-state index is 0.129. The molecule has 2 aromatic rings. The van der Waals surface area contributed by atoms with Gasteiger partial charge in [-0.3, -0.25) is 14.2 Å². The van der Waals surface area contributed by atoms with Crippen molar-refractivity contribution in [1.82, 2.24) is 9.55 Å². The molecule has 0 bridgehead atoms. The predicted octanol–water partition coefficient (Wildman–Crippen LogP) is 2.00. The first-order chi connectivity index (χ1) is 10.6. The van der Waals surface area contributed by atoms with Gasteiger partial charge in [0.2, 0.25) is 0 Å². The Hall–Kier alpha value is -1.86. The molecule has 0 atom stereocenters. The Morgan fingerprint density at radius 2 is 2.18 bits per heavy atom. The molecule has 0 aliphatic rings. The van der Waals surface area contributed by atoms with Crippen molar-refractivity contribution in [3.05, 3.63) is 34.6 Å². The molecule has 0 radical (unpaired) electrons. The van der Waals surface area contributed by atoms with Gasteiger partial charge in [0, 0.05) is 19.8 Å². The number of hydrogen-bond acceptors (Lipinski definition) is 5. The van der Waals surface area contributed by atoms with E-state index in [1.807, 2.05) is 6.92 Å². The first kappa shape index (κ1) is 16.5. The minimum atomic E-state index is -0.937. The van der Waals surface area contributed by atoms with E-state index in [0.29, 0.717) is 42.2 Å². The molecule has 0 aliphatic carbocycles. The Morgan fingerprint density at radius 3 is 2.91 bits per heavy atom. The maximum absolute atomic E-state index is 12.6. The van der Waals surface area contributed by atoms with Crippen LogP contribution in [0.5, 0.6) is 0 Å². The smallest absolute Gasteiger partial charge is 0.313 e. The SMILES string of the molecule is CCOCCCn1c(SCC(=O)O)nc2ccccc2c1=O. The highest BCUT2D eigenvalue weighted by molar-refractivity contribution is 7.99. The Balaban J connectivity index is 2.35. The maximum Gasteiger partial charge on any atom is 0.313 e. The van der Waals surface area contributed by atoms with E-state index < -0.39 is 5.97 Å². The number of hydrogen-bond donors (Lipinski definition) is 1. The largest absolute Gasteiger partial charge is 0.481 e. The number of para-hydroxylation sites is 1. The van der Waals surface area contributed by atoms with Crippen molar-refractivity contribution in [3.63, 3.8) is 0 Å². The van der Waals surface area contributed by atoms with Crippen LogP contribution in [0.1, 0.15) is 13.3 Å². The van der Waals surface area contributed by atoms with Gasteiger partial charge >= 0.3 is 5.97 Å². The summed E-state index contributed by atoms with van der Waals surface area (Å²) in [5.41, 5.74) is 0.441. The van der Waals surface area contributed by atoms with E-state index in [0.717, 1.165) is 11.8 Å². The van der Waals surface area contributed by atoms with Gasteiger partial charge in [0.1, 0.15) is 0 Å². The third kappa shape index (κ3) is 4.08. The summed E-state index contributed by atoms with van der Waals surface area (Å²) in [6, 6.07) is 7.08. The molecule has 1 heterocycles. The number of carboxylic acid groups (broad SMARTS) is 1. The van der Waals surface area contributed by atoms with Crippen LogP contribution in [0, 0.1) is 0 Å². The van der Waals surface area contributed by atoms with E-state index in [2.05, 4.69) is 4.98 Å². The van der Waals surface area contributed by atoms with Gasteiger partial charge < -0.3 is 9.84 Å². The predicted molar refractivity (Wildman–Crippen MR) is 85.5 cm³/mol. The van der Waals surface area contributed by atoms with Crippen molar-refractivity contribution in [2.24, 2.45) is 0 Å². The molecule has 6 nitrogen and oxygen atoms in total. The van der Waals surface area contributed by atoms with Gasteiger partial charge in [-0.25, -0.2) is 4.98 Å². The summed E-state index contributed by atoms with van der Waals surface area (Å²) in [6.45, 7) is 3.56. The Morgan fingerprint density at radius 1 is 1.41 bits per heavy atom. The lowest BCUT2D eigenvalue weighted by molar-refractivity contribution is -0.133. The number of fused-ring (bicyclic) bond motifs is 1. The number of aliphatic carboxylic acids is 1. The lowest BCUT2D eigenvalue weighted by Crippen LogP contribution is -2.24. The summed E-state index contributed by atoms with van der Waals surface area (Å²) in [4.78, 5) is 27.8. The standard InChI is InChI=1S/C15H18N2O4S/c1-2-21-9-5-8-17-14(20)11-6-3-4-7-12(11)16-15(17)22-10-13(18)19/h3-4,6-7H,2,5,8-10H2,1H3,(H,18,19). The second-order valence-electron chi connectivity index (χ2n) is 4.60. The first-order valence-electron chi connectivity index (χ1n) is 7.05. The van der Waals surface area contributed by atoms with Crippen LogP contribution in [0.2, 0.25) is 0 Å². The second kappa shape index (κ2) is 7.95. The zero-order valence-corrected chi connectivity index (χ0v) is 13.1. The number of carbonyl (C=O) groups is 1. The fraction of sp³-hybridized carbons (Fsp3) is 0.400. The highest BCUT2D eigenvalue weighted by Crippen LogP contribution is 2.17. The van der Waals surface area contributed by atoms with Crippen LogP contribution in [-0.2, 0) is 16.1 Å². The lowest BCUT2D eigenvalue weighted by atomic mass is 10.2. The normalized spacial score (nSPS) is 11.0. The van der Waals surface area contributed by atoms with Crippen LogP contribution in [0.15, 0.2) is 34.2 Å². The van der Waals surface area contributed by atoms with E-state index in [9.17, 15) is 9.59 Å². The van der Waals surface area contributed by atoms with Crippen molar-refractivity contribution in [1.29, 1.82) is 0 Å². The molecule has 0 unspecified atom stereocenters. The highest BCUT2D eigenvalue weighted by atomic mass is 32.2. The molecule has 1 aromatic heterocycles. The van der Waals surface area contributed by atoms with Gasteiger partial charge in [0.05, 0.1) is 16.7 Å². The molecule has 22 heavy (non-hydrogen) atoms. The number of aromatic nitrogens is 2. The fourth-order valence-corrected chi connectivity index (χ4v) is 2.80. The van der Waals surface area contributed by atoms with Crippen LogP contribution < -0.4 is 5.56 Å². The molecule has 1 aromatic carbocycles. The van der Waals surface area contributed by atoms with Crippen LogP contribution in [0.25, 0.3) is 10.9 Å². The summed E-state index contributed by atoms with van der Waals surface area (Å²) in [5.74, 6) is -1.07. The number of nitrogens with zero attached hydrogens (tertiary/aromatic N) is 2. The molecule has 0 spiro atoms. The lowest BCUT2D eigenvalue weighted by Gasteiger charge is -2.12. The summed E-state index contributed by atoms with van der Waals surface area (Å²) < 4.78 is 6.82. The molecule has 118 valence electrons. The second-order valence-corrected chi connectivity index (χ2v) is 5.54. The van der Waals surface area contributed by atoms with Crippen molar-refractivity contribution in [3.8, 4) is 0 Å². The van der Waals surface area contributed by atoms with Crippen LogP contribution >= 0.6 is 11.8 Å². The molecular formula is C15H18N2O4S. The molecule has 0 aliphatic heterocycles. The van der Waals surface area contributed by atoms with E-state index in [1.165, 1.54) is 4.57 Å². The third-order valence-corrected chi connectivity index (χ3v) is 3.99. The summed E-state index contributed by atoms with van der Waals surface area (Å²) in [5, 5.41) is 9.81. The summed E-state index contributed by atoms with van der Waals surface area (Å²) >= 11 is 1.06. The molecule has 0 fully saturated rings. The average molecular weight is 322 g/mol. The fourth-order valence-electron chi connectivity index (χ4n) is 2.05. The number of thioether (sulfide) groups is 1. The summed E-state index contributed by atoms with van der Waals surface area (Å²) in [7, 11) is 0. The Kier molecular flexibility index (Phi) is 5.97. The Labute approximate surface area is 132 Å². The zero-order chi connectivity index (χ0) is 15.9. The quantitative estimate of drug-likeness (QED) is 0.455. The van der Waals surface area contributed by atoms with Crippen LogP contribution in [0.3, 0.4) is 0 Å². The van der Waals surface area contributed by atoms with Gasteiger partial charge in [-0.1, -0.05) is 23.9 Å². The Bertz CT molecular complexity index is 714. The number of carboxylic acids is 1. The van der Waals surface area contributed by atoms with E-state index in [4.69, 9.17) is 9.84 Å². The number of ether oxygens (including phenoxy) is 1. The van der Waals surface area contributed by atoms with Gasteiger partial charge in [0.25, 0.3) is 5.56 Å². The molecule has 7 heteroatoms. The monoisotopic (exact) mass is 322 g/mol. The van der Waals surface area contributed by atoms with Gasteiger partial charge in [-0.2, -0.15) is 0 Å². The molecule has 1 N–H and O–H groups in total. The van der Waals surface area contributed by atoms with Crippen molar-refractivity contribution < 1.29 is 14.6 Å². The maximum atomic E-state index is 12.6. The van der Waals surface area contributed by atoms with Crippen LogP contribution in [0.4, 0.5) is 0 Å². The van der Waals surface area contributed by atoms with Crippen LogP contribution in [-0.4, -0.2) is 39.6 Å². The summed E-state index contributed by atoms with van der Waals surface area (Å²) in [6.07, 6.45) is 0.675. The van der Waals surface area contributed by atoms with Crippen molar-refractivity contribution >= 4 is 28.6 Å². The molecule has 0 amide bonds. The van der Waals surface area contributed by atoms with E-state index in [1.54, 1.807) is 24.3 Å². The molecule has 0 saturated carbocycles. The number of benzene rings is 1. The van der Waals surface area contributed by atoms with Gasteiger partial charge in [0.15, 0.2) is 5.16 Å². The highest BCUT2D eigenvalue weighted by Gasteiger charge is 2.12. The average Bonchev–Trinajstić information content (AvgIpc) is 2.51. The van der Waals surface area contributed by atoms with Gasteiger partial charge in [-0.15, -0.1) is 0 Å². The van der Waals surface area contributed by atoms with Crippen molar-refractivity contribution in [2.75, 3.05) is 19.0 Å². The zero-order valence-electron chi connectivity index (χ0n) is 12.3. The minimum Gasteiger partial charge on any atom is -0.481 e. The topological polar surface area (TPSA) is 81.4 Å². The molecular weight excluding hydrogens is 304 g/mol. The van der Waals surface area contributed by atoms with E-state index >= 15 is 0 Å².